The van der Waals surface area contributed by atoms with E-state index < -0.39 is 10.0 Å². The molecule has 0 aliphatic heterocycles. The molecule has 0 aliphatic rings. The van der Waals surface area contributed by atoms with E-state index in [2.05, 4.69) is 4.72 Å². The quantitative estimate of drug-likeness (QED) is 0.714. The van der Waals surface area contributed by atoms with Crippen molar-refractivity contribution in [2.75, 3.05) is 11.3 Å². The van der Waals surface area contributed by atoms with E-state index in [0.29, 0.717) is 29.3 Å². The van der Waals surface area contributed by atoms with E-state index in [1.54, 1.807) is 34.9 Å². The molecule has 0 fully saturated rings. The second-order valence-corrected chi connectivity index (χ2v) is 7.95. The zero-order valence-electron chi connectivity index (χ0n) is 13.9. The summed E-state index contributed by atoms with van der Waals surface area (Å²) in [6.07, 6.45) is 0. The Bertz CT molecular complexity index is 1070. The van der Waals surface area contributed by atoms with E-state index in [9.17, 15) is 13.2 Å². The largest absolute Gasteiger partial charge is 0.492 e. The molecule has 1 aromatic heterocycles. The average molecular weight is 378 g/mol. The molecule has 3 aromatic rings. The highest BCUT2D eigenvalue weighted by molar-refractivity contribution is 7.92. The molecule has 25 heavy (non-hydrogen) atoms. The van der Waals surface area contributed by atoms with E-state index in [4.69, 9.17) is 4.74 Å². The van der Waals surface area contributed by atoms with Crippen LogP contribution < -0.4 is 14.3 Å². The summed E-state index contributed by atoms with van der Waals surface area (Å²) in [6.45, 7) is 4.69. The van der Waals surface area contributed by atoms with Gasteiger partial charge in [0.05, 0.1) is 27.4 Å². The van der Waals surface area contributed by atoms with Crippen LogP contribution in [0.15, 0.2) is 52.2 Å². The number of hydrogen-bond donors (Lipinski definition) is 1. The van der Waals surface area contributed by atoms with Crippen molar-refractivity contribution in [3.63, 3.8) is 0 Å². The molecule has 0 radical (unpaired) electrons. The van der Waals surface area contributed by atoms with Crippen LogP contribution in [0.2, 0.25) is 0 Å². The first-order chi connectivity index (χ1) is 12.0. The normalized spacial score (nSPS) is 11.6. The number of fused-ring (bicyclic) bond motifs is 1. The van der Waals surface area contributed by atoms with E-state index in [0.717, 1.165) is 16.9 Å². The maximum absolute atomic E-state index is 12.7. The van der Waals surface area contributed by atoms with Crippen molar-refractivity contribution in [3.8, 4) is 5.75 Å². The molecular weight excluding hydrogens is 360 g/mol. The van der Waals surface area contributed by atoms with Crippen LogP contribution in [-0.2, 0) is 16.6 Å². The van der Waals surface area contributed by atoms with Gasteiger partial charge in [0.25, 0.3) is 10.0 Å². The van der Waals surface area contributed by atoms with Crippen molar-refractivity contribution >= 4 is 37.3 Å². The third kappa shape index (κ3) is 3.40. The fourth-order valence-electron chi connectivity index (χ4n) is 2.55. The van der Waals surface area contributed by atoms with Crippen LogP contribution >= 0.6 is 11.3 Å². The first-order valence-electron chi connectivity index (χ1n) is 7.84. The van der Waals surface area contributed by atoms with E-state index in [1.807, 2.05) is 13.8 Å². The molecule has 0 bridgehead atoms. The average Bonchev–Trinajstić information content (AvgIpc) is 2.90. The first-order valence-corrected chi connectivity index (χ1v) is 10.1. The summed E-state index contributed by atoms with van der Waals surface area (Å²) < 4.78 is 35.7. The molecule has 1 heterocycles. The number of benzene rings is 2. The van der Waals surface area contributed by atoms with Gasteiger partial charge in [0.2, 0.25) is 0 Å². The van der Waals surface area contributed by atoms with Crippen molar-refractivity contribution in [2.45, 2.75) is 25.3 Å². The number of sulfonamides is 1. The molecular formula is C17H18N2O4S2. The fraction of sp³-hybridized carbons (Fsp3) is 0.235. The van der Waals surface area contributed by atoms with Crippen LogP contribution in [0.3, 0.4) is 0 Å². The fourth-order valence-corrected chi connectivity index (χ4v) is 4.71. The summed E-state index contributed by atoms with van der Waals surface area (Å²) >= 11 is 1.04. The van der Waals surface area contributed by atoms with Crippen LogP contribution in [0.5, 0.6) is 5.75 Å². The zero-order chi connectivity index (χ0) is 18.0. The highest BCUT2D eigenvalue weighted by Gasteiger charge is 2.18. The summed E-state index contributed by atoms with van der Waals surface area (Å²) in [4.78, 5) is 11.9. The minimum Gasteiger partial charge on any atom is -0.492 e. The molecule has 132 valence electrons. The standard InChI is InChI=1S/C17H18N2O4S2/c1-3-19-14-10-9-12(11-16(14)24-17(19)20)25(21,22)18-13-7-5-6-8-15(13)23-4-2/h5-11,18H,3-4H2,1-2H3. The van der Waals surface area contributed by atoms with Crippen LogP contribution in [0.4, 0.5) is 5.69 Å². The van der Waals surface area contributed by atoms with Gasteiger partial charge < -0.3 is 4.74 Å². The lowest BCUT2D eigenvalue weighted by molar-refractivity contribution is 0.342. The molecule has 6 nitrogen and oxygen atoms in total. The van der Waals surface area contributed by atoms with Gasteiger partial charge in [-0.15, -0.1) is 0 Å². The van der Waals surface area contributed by atoms with Gasteiger partial charge in [-0.2, -0.15) is 0 Å². The lowest BCUT2D eigenvalue weighted by Crippen LogP contribution is -2.14. The Morgan fingerprint density at radius 1 is 1.16 bits per heavy atom. The number of thiazole rings is 1. The van der Waals surface area contributed by atoms with Crippen molar-refractivity contribution in [1.82, 2.24) is 4.57 Å². The molecule has 2 aromatic carbocycles. The summed E-state index contributed by atoms with van der Waals surface area (Å²) in [5.41, 5.74) is 1.12. The highest BCUT2D eigenvalue weighted by atomic mass is 32.2. The van der Waals surface area contributed by atoms with Crippen molar-refractivity contribution in [1.29, 1.82) is 0 Å². The Kier molecular flexibility index (Phi) is 4.82. The lowest BCUT2D eigenvalue weighted by atomic mass is 10.3. The van der Waals surface area contributed by atoms with Crippen molar-refractivity contribution < 1.29 is 13.2 Å². The predicted octanol–water partition coefficient (Wildman–Crippen LogP) is 3.28. The molecule has 0 saturated heterocycles. The lowest BCUT2D eigenvalue weighted by Gasteiger charge is -2.12. The van der Waals surface area contributed by atoms with E-state index in [-0.39, 0.29) is 9.77 Å². The second-order valence-electron chi connectivity index (χ2n) is 5.28. The Hall–Kier alpha value is -2.32. The van der Waals surface area contributed by atoms with Gasteiger partial charge in [0, 0.05) is 6.54 Å². The van der Waals surface area contributed by atoms with Crippen LogP contribution in [-0.4, -0.2) is 19.6 Å². The number of ether oxygens (including phenoxy) is 1. The Balaban J connectivity index is 2.00. The number of anilines is 1. The third-order valence-corrected chi connectivity index (χ3v) is 6.00. The van der Waals surface area contributed by atoms with Crippen LogP contribution in [0.25, 0.3) is 10.2 Å². The molecule has 3 rings (SSSR count). The number of rotatable bonds is 6. The van der Waals surface area contributed by atoms with Gasteiger partial charge in [-0.25, -0.2) is 8.42 Å². The molecule has 0 aliphatic carbocycles. The monoisotopic (exact) mass is 378 g/mol. The molecule has 1 N–H and O–H groups in total. The van der Waals surface area contributed by atoms with Crippen molar-refractivity contribution in [3.05, 3.63) is 52.1 Å². The van der Waals surface area contributed by atoms with Crippen LogP contribution in [0.1, 0.15) is 13.8 Å². The summed E-state index contributed by atoms with van der Waals surface area (Å²) in [5.74, 6) is 0.469. The zero-order valence-corrected chi connectivity index (χ0v) is 15.5. The van der Waals surface area contributed by atoms with Gasteiger partial charge in [-0.1, -0.05) is 23.5 Å². The smallest absolute Gasteiger partial charge is 0.308 e. The topological polar surface area (TPSA) is 77.4 Å². The molecule has 0 atom stereocenters. The minimum absolute atomic E-state index is 0.0956. The number of aromatic nitrogens is 1. The SMILES string of the molecule is CCOc1ccccc1NS(=O)(=O)c1ccc2c(c1)sc(=O)n2CC. The molecule has 0 saturated carbocycles. The highest BCUT2D eigenvalue weighted by Crippen LogP contribution is 2.28. The number of para-hydroxylation sites is 2. The predicted molar refractivity (Wildman–Crippen MR) is 100 cm³/mol. The van der Waals surface area contributed by atoms with Gasteiger partial charge in [0.15, 0.2) is 0 Å². The van der Waals surface area contributed by atoms with Gasteiger partial charge in [-0.05, 0) is 44.2 Å². The molecule has 0 spiro atoms. The first kappa shape index (κ1) is 17.5. The Morgan fingerprint density at radius 3 is 2.64 bits per heavy atom. The summed E-state index contributed by atoms with van der Waals surface area (Å²) in [5, 5.41) is 0. The third-order valence-electron chi connectivity index (χ3n) is 3.70. The van der Waals surface area contributed by atoms with Gasteiger partial charge >= 0.3 is 4.87 Å². The maximum atomic E-state index is 12.7. The summed E-state index contributed by atoms with van der Waals surface area (Å²) in [7, 11) is -3.79. The van der Waals surface area contributed by atoms with Crippen LogP contribution in [0, 0.1) is 0 Å². The number of aryl methyl sites for hydroxylation is 1. The summed E-state index contributed by atoms with van der Waals surface area (Å²) in [6, 6.07) is 11.6. The minimum atomic E-state index is -3.79. The van der Waals surface area contributed by atoms with E-state index in [1.165, 1.54) is 12.1 Å². The maximum Gasteiger partial charge on any atom is 0.308 e. The van der Waals surface area contributed by atoms with E-state index >= 15 is 0 Å². The number of hydrogen-bond acceptors (Lipinski definition) is 5. The van der Waals surface area contributed by atoms with Crippen molar-refractivity contribution in [2.24, 2.45) is 0 Å². The van der Waals surface area contributed by atoms with Gasteiger partial charge in [-0.3, -0.25) is 14.1 Å². The Labute approximate surface area is 149 Å². The molecule has 0 amide bonds. The molecule has 0 unspecified atom stereocenters. The molecule has 8 heteroatoms. The second kappa shape index (κ2) is 6.89. The number of nitrogens with zero attached hydrogens (tertiary/aromatic N) is 1. The Morgan fingerprint density at radius 2 is 1.92 bits per heavy atom. The number of nitrogens with one attached hydrogen (secondary N) is 1. The van der Waals surface area contributed by atoms with Gasteiger partial charge in [0.1, 0.15) is 5.75 Å².